The number of benzene rings is 1. The van der Waals surface area contributed by atoms with Crippen molar-refractivity contribution >= 4 is 35.1 Å². The zero-order valence-corrected chi connectivity index (χ0v) is 17.7. The van der Waals surface area contributed by atoms with Crippen LogP contribution in [0.25, 0.3) is 0 Å². The van der Waals surface area contributed by atoms with Gasteiger partial charge in [0, 0.05) is 32.6 Å². The van der Waals surface area contributed by atoms with Crippen molar-refractivity contribution in [1.29, 1.82) is 0 Å². The molecule has 1 aliphatic rings. The van der Waals surface area contributed by atoms with Crippen LogP contribution in [0, 0.1) is 0 Å². The number of carbonyl (C=O) groups excluding carboxylic acids is 1. The second kappa shape index (κ2) is 9.26. The Morgan fingerprint density at radius 2 is 1.89 bits per heavy atom. The number of piperidine rings is 1. The van der Waals surface area contributed by atoms with Crippen LogP contribution in [-0.2, 0) is 15.0 Å². The fourth-order valence-electron chi connectivity index (χ4n) is 3.79. The highest BCUT2D eigenvalue weighted by Gasteiger charge is 2.36. The van der Waals surface area contributed by atoms with Crippen molar-refractivity contribution < 1.29 is 14.7 Å². The summed E-state index contributed by atoms with van der Waals surface area (Å²) in [4.78, 5) is 27.9. The van der Waals surface area contributed by atoms with Gasteiger partial charge in [0.1, 0.15) is 0 Å². The van der Waals surface area contributed by atoms with Crippen molar-refractivity contribution in [3.63, 3.8) is 0 Å². The number of carboxylic acid groups (broad SMARTS) is 1. The van der Waals surface area contributed by atoms with Crippen LogP contribution in [-0.4, -0.2) is 59.0 Å². The van der Waals surface area contributed by atoms with E-state index in [2.05, 4.69) is 4.90 Å². The molecule has 0 aliphatic carbocycles. The van der Waals surface area contributed by atoms with Crippen LogP contribution < -0.4 is 0 Å². The average molecular weight is 415 g/mol. The van der Waals surface area contributed by atoms with Crippen molar-refractivity contribution in [1.82, 2.24) is 9.80 Å². The number of likely N-dealkylation sites (tertiary alicyclic amines) is 1. The Balaban J connectivity index is 2.00. The van der Waals surface area contributed by atoms with E-state index in [-0.39, 0.29) is 11.9 Å². The van der Waals surface area contributed by atoms with Gasteiger partial charge in [-0.3, -0.25) is 9.59 Å². The zero-order valence-electron chi connectivity index (χ0n) is 16.2. The maximum Gasteiger partial charge on any atom is 0.313 e. The second-order valence-corrected chi connectivity index (χ2v) is 8.21. The molecule has 0 bridgehead atoms. The van der Waals surface area contributed by atoms with Crippen LogP contribution in [0.15, 0.2) is 18.2 Å². The molecule has 0 radical (unpaired) electrons. The predicted octanol–water partition coefficient (Wildman–Crippen LogP) is 4.06. The predicted molar refractivity (Wildman–Crippen MR) is 109 cm³/mol. The Morgan fingerprint density at radius 1 is 1.26 bits per heavy atom. The molecule has 1 amide bonds. The highest BCUT2D eigenvalue weighted by molar-refractivity contribution is 6.42. The van der Waals surface area contributed by atoms with Crippen LogP contribution in [0.2, 0.25) is 10.0 Å². The summed E-state index contributed by atoms with van der Waals surface area (Å²) in [5, 5.41) is 10.6. The van der Waals surface area contributed by atoms with E-state index in [0.29, 0.717) is 28.6 Å². The molecule has 1 aromatic rings. The number of hydrogen-bond donors (Lipinski definition) is 1. The molecule has 1 heterocycles. The molecule has 27 heavy (non-hydrogen) atoms. The fraction of sp³-hybridized carbons (Fsp3) is 0.600. The van der Waals surface area contributed by atoms with Gasteiger partial charge in [-0.2, -0.15) is 0 Å². The second-order valence-electron chi connectivity index (χ2n) is 7.39. The lowest BCUT2D eigenvalue weighted by molar-refractivity contribution is -0.143. The third-order valence-electron chi connectivity index (χ3n) is 5.70. The third kappa shape index (κ3) is 5.15. The first-order valence-corrected chi connectivity index (χ1v) is 10.1. The van der Waals surface area contributed by atoms with E-state index in [4.69, 9.17) is 23.2 Å². The highest BCUT2D eigenvalue weighted by atomic mass is 35.5. The molecule has 7 heteroatoms. The van der Waals surface area contributed by atoms with Gasteiger partial charge < -0.3 is 14.9 Å². The van der Waals surface area contributed by atoms with Gasteiger partial charge in [0.25, 0.3) is 0 Å². The van der Waals surface area contributed by atoms with Gasteiger partial charge >= 0.3 is 5.97 Å². The van der Waals surface area contributed by atoms with Crippen molar-refractivity contribution in [2.24, 2.45) is 0 Å². The van der Waals surface area contributed by atoms with E-state index < -0.39 is 11.4 Å². The van der Waals surface area contributed by atoms with Gasteiger partial charge in [-0.05, 0) is 57.4 Å². The number of carbonyl (C=O) groups is 2. The summed E-state index contributed by atoms with van der Waals surface area (Å²) >= 11 is 12.1. The largest absolute Gasteiger partial charge is 0.481 e. The van der Waals surface area contributed by atoms with Crippen LogP contribution >= 0.6 is 23.2 Å². The standard InChI is InChI=1S/C20H28Cl2N2O3/c1-4-24(14(2)25)16-7-10-23(11-8-16)12-9-20(3,19(26)27)15-5-6-17(21)18(22)13-15/h5-6,13,16H,4,7-12H2,1-3H3,(H,26,27). The molecule has 0 saturated carbocycles. The minimum atomic E-state index is -1.03. The molecule has 1 aliphatic heterocycles. The van der Waals surface area contributed by atoms with E-state index in [1.807, 2.05) is 11.8 Å². The van der Waals surface area contributed by atoms with Crippen LogP contribution in [0.3, 0.4) is 0 Å². The minimum Gasteiger partial charge on any atom is -0.481 e. The number of hydrogen-bond acceptors (Lipinski definition) is 3. The van der Waals surface area contributed by atoms with Gasteiger partial charge in [-0.1, -0.05) is 29.3 Å². The van der Waals surface area contributed by atoms with E-state index in [1.54, 1.807) is 32.0 Å². The van der Waals surface area contributed by atoms with Gasteiger partial charge in [-0.25, -0.2) is 0 Å². The third-order valence-corrected chi connectivity index (χ3v) is 6.44. The average Bonchev–Trinajstić information content (AvgIpc) is 2.63. The quantitative estimate of drug-likeness (QED) is 0.730. The summed E-state index contributed by atoms with van der Waals surface area (Å²) in [5.41, 5.74) is -0.368. The van der Waals surface area contributed by atoms with Crippen LogP contribution in [0.4, 0.5) is 0 Å². The SMILES string of the molecule is CCN(C(C)=O)C1CCN(CCC(C)(C(=O)O)c2ccc(Cl)c(Cl)c2)CC1. The first kappa shape index (κ1) is 22.0. The van der Waals surface area contributed by atoms with Crippen molar-refractivity contribution in [2.45, 2.75) is 51.5 Å². The summed E-state index contributed by atoms with van der Waals surface area (Å²) < 4.78 is 0. The van der Waals surface area contributed by atoms with Crippen molar-refractivity contribution in [2.75, 3.05) is 26.2 Å². The van der Waals surface area contributed by atoms with Crippen molar-refractivity contribution in [3.8, 4) is 0 Å². The first-order valence-electron chi connectivity index (χ1n) is 9.37. The molecule has 1 N–H and O–H groups in total. The van der Waals surface area contributed by atoms with E-state index >= 15 is 0 Å². The first-order chi connectivity index (χ1) is 12.7. The summed E-state index contributed by atoms with van der Waals surface area (Å²) in [6.07, 6.45) is 2.32. The summed E-state index contributed by atoms with van der Waals surface area (Å²) in [7, 11) is 0. The lowest BCUT2D eigenvalue weighted by Crippen LogP contribution is -2.47. The van der Waals surface area contributed by atoms with Gasteiger partial charge in [0.15, 0.2) is 0 Å². The lowest BCUT2D eigenvalue weighted by atomic mass is 9.79. The van der Waals surface area contributed by atoms with Crippen LogP contribution in [0.5, 0.6) is 0 Å². The normalized spacial score (nSPS) is 18.1. The summed E-state index contributed by atoms with van der Waals surface area (Å²) in [5.74, 6) is -0.751. The minimum absolute atomic E-state index is 0.119. The van der Waals surface area contributed by atoms with Gasteiger partial charge in [0.2, 0.25) is 5.91 Å². The maximum absolute atomic E-state index is 12.0. The Bertz CT molecular complexity index is 690. The number of carboxylic acids is 1. The molecule has 1 fully saturated rings. The molecule has 150 valence electrons. The summed E-state index contributed by atoms with van der Waals surface area (Å²) in [6, 6.07) is 5.31. The van der Waals surface area contributed by atoms with Gasteiger partial charge in [0.05, 0.1) is 15.5 Å². The molecule has 1 aromatic carbocycles. The number of aliphatic carboxylic acids is 1. The smallest absolute Gasteiger partial charge is 0.313 e. The van der Waals surface area contributed by atoms with Crippen molar-refractivity contribution in [3.05, 3.63) is 33.8 Å². The van der Waals surface area contributed by atoms with E-state index in [1.165, 1.54) is 0 Å². The fourth-order valence-corrected chi connectivity index (χ4v) is 4.09. The van der Waals surface area contributed by atoms with Crippen LogP contribution in [0.1, 0.15) is 45.6 Å². The molecule has 0 spiro atoms. The molecular formula is C20H28Cl2N2O3. The molecule has 2 rings (SSSR count). The Hall–Kier alpha value is -1.30. The Morgan fingerprint density at radius 3 is 2.37 bits per heavy atom. The topological polar surface area (TPSA) is 60.9 Å². The number of rotatable bonds is 7. The Kier molecular flexibility index (Phi) is 7.55. The number of nitrogens with zero attached hydrogens (tertiary/aromatic N) is 2. The zero-order chi connectivity index (χ0) is 20.2. The summed E-state index contributed by atoms with van der Waals surface area (Å²) in [6.45, 7) is 8.50. The Labute approximate surface area is 171 Å². The lowest BCUT2D eigenvalue weighted by Gasteiger charge is -2.38. The van der Waals surface area contributed by atoms with E-state index in [0.717, 1.165) is 32.5 Å². The molecule has 5 nitrogen and oxygen atoms in total. The maximum atomic E-state index is 12.0. The number of amides is 1. The molecular weight excluding hydrogens is 387 g/mol. The highest BCUT2D eigenvalue weighted by Crippen LogP contribution is 2.33. The molecule has 1 saturated heterocycles. The molecule has 1 atom stereocenters. The number of halogens is 2. The molecule has 1 unspecified atom stereocenters. The molecule has 0 aromatic heterocycles. The van der Waals surface area contributed by atoms with E-state index in [9.17, 15) is 14.7 Å². The monoisotopic (exact) mass is 414 g/mol. The van der Waals surface area contributed by atoms with Gasteiger partial charge in [-0.15, -0.1) is 0 Å².